The van der Waals surface area contributed by atoms with E-state index in [1.54, 1.807) is 36.4 Å². The molecule has 2 amide bonds. The van der Waals surface area contributed by atoms with E-state index in [2.05, 4.69) is 49.5 Å². The van der Waals surface area contributed by atoms with Crippen LogP contribution in [-0.4, -0.2) is 33.3 Å². The van der Waals surface area contributed by atoms with E-state index in [4.69, 9.17) is 22.6 Å². The van der Waals surface area contributed by atoms with Gasteiger partial charge in [-0.2, -0.15) is 11.5 Å². The summed E-state index contributed by atoms with van der Waals surface area (Å²) in [4.78, 5) is 29.4. The number of carbonyl (C=O) groups is 2. The first kappa shape index (κ1) is 29.3. The Balaban J connectivity index is 1.67. The Hall–Kier alpha value is -3.23. The first-order valence-electron chi connectivity index (χ1n) is 11.9. The summed E-state index contributed by atoms with van der Waals surface area (Å²) in [5.74, 6) is -1.62. The minimum Gasteiger partial charge on any atom is -0.415 e. The highest BCUT2D eigenvalue weighted by Gasteiger charge is 2.37. The average Bonchev–Trinajstić information content (AvgIpc) is 3.28. The number of nitrogens with zero attached hydrogens (tertiary/aromatic N) is 2. The van der Waals surface area contributed by atoms with Crippen LogP contribution in [0.4, 0.5) is 21.5 Å². The van der Waals surface area contributed by atoms with Crippen molar-refractivity contribution in [3.05, 3.63) is 86.7 Å². The number of thiophene rings is 1. The predicted octanol–water partition coefficient (Wildman–Crippen LogP) is 7.71. The molecule has 38 heavy (non-hydrogen) atoms. The molecular weight excluding hydrogens is 543 g/mol. The van der Waals surface area contributed by atoms with Gasteiger partial charge in [-0.3, -0.25) is 9.59 Å². The first-order valence-corrected chi connectivity index (χ1v) is 16.0. The van der Waals surface area contributed by atoms with E-state index in [0.29, 0.717) is 33.7 Å². The minimum absolute atomic E-state index is 0.0366. The van der Waals surface area contributed by atoms with Gasteiger partial charge in [0.15, 0.2) is 8.32 Å². The molecule has 0 atom stereocenters. The fourth-order valence-corrected chi connectivity index (χ4v) is 5.17. The minimum atomic E-state index is -1.91. The van der Waals surface area contributed by atoms with Crippen LogP contribution in [0.1, 0.15) is 40.8 Å². The Bertz CT molecular complexity index is 1350. The SMILES string of the molecule is [C-]#[N+]N(CCO[Si](C)(C)C(C)(C)C)c1ccc(NC(=O)c2ccc(F)cc2NC(=O)c2ccc(Cl)s2)cc1. The van der Waals surface area contributed by atoms with Crippen LogP contribution in [0, 0.1) is 12.4 Å². The topological polar surface area (TPSA) is 75.0 Å². The molecule has 0 unspecified atom stereocenters. The van der Waals surface area contributed by atoms with E-state index in [0.717, 1.165) is 23.5 Å². The molecular formula is C27H30ClFN4O3SSi. The molecule has 11 heteroatoms. The third kappa shape index (κ3) is 7.42. The highest BCUT2D eigenvalue weighted by atomic mass is 35.5. The lowest BCUT2D eigenvalue weighted by Crippen LogP contribution is -2.42. The highest BCUT2D eigenvalue weighted by molar-refractivity contribution is 7.18. The predicted molar refractivity (Wildman–Crippen MR) is 155 cm³/mol. The second-order valence-electron chi connectivity index (χ2n) is 10.1. The van der Waals surface area contributed by atoms with Crippen LogP contribution in [-0.2, 0) is 4.43 Å². The summed E-state index contributed by atoms with van der Waals surface area (Å²) in [6, 6.07) is 13.5. The second-order valence-corrected chi connectivity index (χ2v) is 16.6. The molecule has 2 aromatic carbocycles. The summed E-state index contributed by atoms with van der Waals surface area (Å²) in [7, 11) is -1.91. The average molecular weight is 573 g/mol. The number of nitrogens with one attached hydrogen (secondary N) is 2. The normalized spacial score (nSPS) is 11.5. The van der Waals surface area contributed by atoms with Crippen molar-refractivity contribution in [3.8, 4) is 0 Å². The Morgan fingerprint density at radius 2 is 1.76 bits per heavy atom. The molecule has 3 rings (SSSR count). The molecule has 3 aromatic rings. The van der Waals surface area contributed by atoms with Crippen LogP contribution >= 0.6 is 22.9 Å². The first-order chi connectivity index (χ1) is 17.8. The van der Waals surface area contributed by atoms with E-state index in [-0.39, 0.29) is 16.3 Å². The maximum Gasteiger partial charge on any atom is 0.265 e. The van der Waals surface area contributed by atoms with Gasteiger partial charge in [0, 0.05) is 5.69 Å². The molecule has 0 radical (unpaired) electrons. The number of rotatable bonds is 9. The van der Waals surface area contributed by atoms with Crippen molar-refractivity contribution in [1.82, 2.24) is 0 Å². The standard InChI is InChI=1S/C27H30ClFN4O3SSi/c1-27(2,3)38(5,6)36-16-15-33(30-4)20-10-8-19(9-11-20)31-25(34)21-12-7-18(29)17-22(21)32-26(35)23-13-14-24(28)37-23/h7-14,17H,15-16H2,1-3,5-6H3,(H,31,34)(H,32,35). The smallest absolute Gasteiger partial charge is 0.265 e. The largest absolute Gasteiger partial charge is 0.415 e. The summed E-state index contributed by atoms with van der Waals surface area (Å²) < 4.78 is 20.5. The zero-order valence-electron chi connectivity index (χ0n) is 21.9. The molecule has 0 saturated heterocycles. The van der Waals surface area contributed by atoms with Crippen LogP contribution in [0.5, 0.6) is 0 Å². The lowest BCUT2D eigenvalue weighted by Gasteiger charge is -2.36. The number of anilines is 3. The molecule has 2 N–H and O–H groups in total. The number of carbonyl (C=O) groups excluding carboxylic acids is 2. The quantitative estimate of drug-likeness (QED) is 0.156. The van der Waals surface area contributed by atoms with Crippen molar-refractivity contribution in [3.63, 3.8) is 0 Å². The fourth-order valence-electron chi connectivity index (χ4n) is 3.19. The summed E-state index contributed by atoms with van der Waals surface area (Å²) in [5.41, 5.74) is 1.28. The maximum absolute atomic E-state index is 13.9. The summed E-state index contributed by atoms with van der Waals surface area (Å²) in [6.07, 6.45) is 0. The van der Waals surface area contributed by atoms with Gasteiger partial charge >= 0.3 is 0 Å². The van der Waals surface area contributed by atoms with Gasteiger partial charge in [0.25, 0.3) is 11.8 Å². The van der Waals surface area contributed by atoms with Crippen molar-refractivity contribution in [1.29, 1.82) is 0 Å². The van der Waals surface area contributed by atoms with Gasteiger partial charge in [0.1, 0.15) is 18.0 Å². The van der Waals surface area contributed by atoms with Crippen molar-refractivity contribution < 1.29 is 18.4 Å². The van der Waals surface area contributed by atoms with Gasteiger partial charge in [-0.05, 0) is 72.7 Å². The molecule has 0 aliphatic carbocycles. The molecule has 1 aromatic heterocycles. The Morgan fingerprint density at radius 1 is 1.08 bits per heavy atom. The van der Waals surface area contributed by atoms with E-state index in [9.17, 15) is 14.0 Å². The van der Waals surface area contributed by atoms with Crippen LogP contribution in [0.15, 0.2) is 54.6 Å². The van der Waals surface area contributed by atoms with Crippen molar-refractivity contribution in [2.75, 3.05) is 28.8 Å². The number of amides is 2. The molecule has 1 heterocycles. The van der Waals surface area contributed by atoms with Crippen LogP contribution in [0.3, 0.4) is 0 Å². The summed E-state index contributed by atoms with van der Waals surface area (Å²) in [5, 5.41) is 6.94. The number of hydrogen-bond donors (Lipinski definition) is 2. The fraction of sp³-hybridized carbons (Fsp3) is 0.296. The number of benzene rings is 2. The molecule has 0 saturated carbocycles. The van der Waals surface area contributed by atoms with Gasteiger partial charge in [-0.1, -0.05) is 37.4 Å². The van der Waals surface area contributed by atoms with E-state index < -0.39 is 25.9 Å². The molecule has 0 bridgehead atoms. The molecule has 0 spiro atoms. The highest BCUT2D eigenvalue weighted by Crippen LogP contribution is 2.36. The van der Waals surface area contributed by atoms with Crippen molar-refractivity contribution in [2.24, 2.45) is 0 Å². The monoisotopic (exact) mass is 572 g/mol. The Labute approximate surface area is 232 Å². The summed E-state index contributed by atoms with van der Waals surface area (Å²) >= 11 is 6.97. The molecule has 0 aliphatic rings. The lowest BCUT2D eigenvalue weighted by molar-refractivity contribution is 0.102. The van der Waals surface area contributed by atoms with E-state index in [1.807, 2.05) is 0 Å². The zero-order chi connectivity index (χ0) is 28.1. The van der Waals surface area contributed by atoms with Crippen LogP contribution in [0.2, 0.25) is 22.5 Å². The molecule has 0 fully saturated rings. The Morgan fingerprint density at radius 3 is 2.34 bits per heavy atom. The van der Waals surface area contributed by atoms with Crippen LogP contribution < -0.4 is 15.6 Å². The van der Waals surface area contributed by atoms with Crippen molar-refractivity contribution >= 4 is 60.1 Å². The third-order valence-electron chi connectivity index (χ3n) is 6.39. The number of hydrogen-bond acceptors (Lipinski definition) is 5. The van der Waals surface area contributed by atoms with Gasteiger partial charge in [0.2, 0.25) is 0 Å². The van der Waals surface area contributed by atoms with E-state index in [1.165, 1.54) is 11.1 Å². The lowest BCUT2D eigenvalue weighted by atomic mass is 10.1. The van der Waals surface area contributed by atoms with Gasteiger partial charge in [-0.25, -0.2) is 4.39 Å². The van der Waals surface area contributed by atoms with Gasteiger partial charge in [-0.15, -0.1) is 11.3 Å². The molecule has 0 aliphatic heterocycles. The second kappa shape index (κ2) is 12.1. The zero-order valence-corrected chi connectivity index (χ0v) is 24.5. The summed E-state index contributed by atoms with van der Waals surface area (Å²) in [6.45, 7) is 19.3. The van der Waals surface area contributed by atoms with Crippen LogP contribution in [0.25, 0.3) is 4.95 Å². The maximum atomic E-state index is 13.9. The van der Waals surface area contributed by atoms with Gasteiger partial charge in [0.05, 0.1) is 27.1 Å². The Kier molecular flexibility index (Phi) is 9.33. The van der Waals surface area contributed by atoms with E-state index >= 15 is 0 Å². The molecule has 200 valence electrons. The number of halogens is 2. The molecule has 7 nitrogen and oxygen atoms in total. The third-order valence-corrected chi connectivity index (χ3v) is 12.2. The van der Waals surface area contributed by atoms with Crippen molar-refractivity contribution in [2.45, 2.75) is 38.9 Å². The van der Waals surface area contributed by atoms with Gasteiger partial charge < -0.3 is 15.1 Å².